The lowest BCUT2D eigenvalue weighted by Gasteiger charge is -2.10. The Bertz CT molecular complexity index is 354. The van der Waals surface area contributed by atoms with Crippen molar-refractivity contribution in [3.05, 3.63) is 24.3 Å². The molecular formula is C8H9N3O4. The van der Waals surface area contributed by atoms with Gasteiger partial charge in [0, 0.05) is 12.4 Å². The van der Waals surface area contributed by atoms with E-state index >= 15 is 0 Å². The second-order valence-corrected chi connectivity index (χ2v) is 2.64. The highest BCUT2D eigenvalue weighted by Crippen LogP contribution is 1.92. The summed E-state index contributed by atoms with van der Waals surface area (Å²) in [5, 5.41) is 19.3. The number of nitrogens with one attached hydrogen (secondary N) is 1. The molecule has 0 aliphatic rings. The molecule has 0 radical (unpaired) electrons. The number of hydrogen-bond donors (Lipinski definition) is 3. The number of hydrogen-bond acceptors (Lipinski definition) is 5. The van der Waals surface area contributed by atoms with E-state index < -0.39 is 24.5 Å². The number of carboxylic acid groups (broad SMARTS) is 1. The van der Waals surface area contributed by atoms with E-state index in [4.69, 9.17) is 10.2 Å². The van der Waals surface area contributed by atoms with Gasteiger partial charge in [-0.05, 0) is 0 Å². The molecule has 0 saturated heterocycles. The van der Waals surface area contributed by atoms with Crippen molar-refractivity contribution in [2.24, 2.45) is 0 Å². The van der Waals surface area contributed by atoms with Gasteiger partial charge in [0.25, 0.3) is 5.91 Å². The van der Waals surface area contributed by atoms with Gasteiger partial charge >= 0.3 is 5.97 Å². The van der Waals surface area contributed by atoms with Gasteiger partial charge in [-0.1, -0.05) is 0 Å². The lowest BCUT2D eigenvalue weighted by Crippen LogP contribution is -2.43. The Morgan fingerprint density at radius 3 is 2.67 bits per heavy atom. The molecule has 0 spiro atoms. The molecule has 0 saturated carbocycles. The number of amides is 1. The summed E-state index contributed by atoms with van der Waals surface area (Å²) in [6.45, 7) is -0.679. The molecule has 1 rings (SSSR count). The van der Waals surface area contributed by atoms with Crippen LogP contribution < -0.4 is 5.32 Å². The van der Waals surface area contributed by atoms with Gasteiger partial charge in [0.15, 0.2) is 6.04 Å². The molecule has 0 aromatic carbocycles. The maximum absolute atomic E-state index is 11.3. The molecule has 1 aromatic heterocycles. The molecule has 0 aliphatic carbocycles. The fourth-order valence-corrected chi connectivity index (χ4v) is 0.834. The number of aliphatic carboxylic acids is 1. The Morgan fingerprint density at radius 1 is 1.47 bits per heavy atom. The second-order valence-electron chi connectivity index (χ2n) is 2.64. The summed E-state index contributed by atoms with van der Waals surface area (Å²) < 4.78 is 0. The smallest absolute Gasteiger partial charge is 0.328 e. The van der Waals surface area contributed by atoms with Crippen LogP contribution in [0.15, 0.2) is 18.6 Å². The van der Waals surface area contributed by atoms with E-state index in [-0.39, 0.29) is 5.69 Å². The van der Waals surface area contributed by atoms with Crippen molar-refractivity contribution in [1.29, 1.82) is 0 Å². The molecule has 80 valence electrons. The van der Waals surface area contributed by atoms with E-state index in [9.17, 15) is 9.59 Å². The zero-order valence-electron chi connectivity index (χ0n) is 7.62. The largest absolute Gasteiger partial charge is 0.480 e. The van der Waals surface area contributed by atoms with Crippen molar-refractivity contribution < 1.29 is 19.8 Å². The van der Waals surface area contributed by atoms with Gasteiger partial charge in [-0.15, -0.1) is 0 Å². The van der Waals surface area contributed by atoms with Crippen LogP contribution in [0.25, 0.3) is 0 Å². The molecule has 0 fully saturated rings. The van der Waals surface area contributed by atoms with E-state index in [1.165, 1.54) is 18.6 Å². The van der Waals surface area contributed by atoms with Crippen molar-refractivity contribution >= 4 is 11.9 Å². The second kappa shape index (κ2) is 5.01. The summed E-state index contributed by atoms with van der Waals surface area (Å²) in [5.74, 6) is -2.00. The highest BCUT2D eigenvalue weighted by molar-refractivity contribution is 5.94. The van der Waals surface area contributed by atoms with Crippen LogP contribution in [-0.2, 0) is 4.79 Å². The average Bonchev–Trinajstić information content (AvgIpc) is 2.26. The summed E-state index contributed by atoms with van der Waals surface area (Å²) in [6, 6.07) is -1.33. The van der Waals surface area contributed by atoms with Gasteiger partial charge in [-0.25, -0.2) is 9.78 Å². The lowest BCUT2D eigenvalue weighted by atomic mass is 10.3. The zero-order chi connectivity index (χ0) is 11.3. The normalized spacial score (nSPS) is 11.8. The Morgan fingerprint density at radius 2 is 2.20 bits per heavy atom. The minimum atomic E-state index is -1.33. The van der Waals surface area contributed by atoms with Crippen molar-refractivity contribution in [2.75, 3.05) is 6.61 Å². The molecule has 7 heteroatoms. The fraction of sp³-hybridized carbons (Fsp3) is 0.250. The predicted octanol–water partition coefficient (Wildman–Crippen LogP) is -1.35. The standard InChI is InChI=1S/C8H9N3O4/c12-4-6(8(14)15)11-7(13)5-3-9-1-2-10-5/h1-3,6,12H,4H2,(H,11,13)(H,14,15). The van der Waals surface area contributed by atoms with Crippen LogP contribution in [0.1, 0.15) is 10.5 Å². The third kappa shape index (κ3) is 2.99. The summed E-state index contributed by atoms with van der Waals surface area (Å²) in [6.07, 6.45) is 3.90. The Kier molecular flexibility index (Phi) is 3.69. The first-order valence-corrected chi connectivity index (χ1v) is 4.05. The number of carbonyl (C=O) groups excluding carboxylic acids is 1. The molecule has 15 heavy (non-hydrogen) atoms. The first kappa shape index (κ1) is 11.1. The van der Waals surface area contributed by atoms with E-state index in [0.29, 0.717) is 0 Å². The summed E-state index contributed by atoms with van der Waals surface area (Å²) in [5.41, 5.74) is -0.00259. The predicted molar refractivity (Wildman–Crippen MR) is 48.0 cm³/mol. The molecular weight excluding hydrogens is 202 g/mol. The first-order chi connectivity index (χ1) is 7.15. The Labute approximate surface area is 84.8 Å². The van der Waals surface area contributed by atoms with Gasteiger partial charge < -0.3 is 15.5 Å². The highest BCUT2D eigenvalue weighted by atomic mass is 16.4. The van der Waals surface area contributed by atoms with Crippen molar-refractivity contribution in [3.63, 3.8) is 0 Å². The Balaban J connectivity index is 2.67. The molecule has 1 heterocycles. The molecule has 7 nitrogen and oxygen atoms in total. The molecule has 0 bridgehead atoms. The number of nitrogens with zero attached hydrogens (tertiary/aromatic N) is 2. The molecule has 0 aliphatic heterocycles. The number of aliphatic hydroxyl groups is 1. The fourth-order valence-electron chi connectivity index (χ4n) is 0.834. The topological polar surface area (TPSA) is 112 Å². The molecule has 1 atom stereocenters. The summed E-state index contributed by atoms with van der Waals surface area (Å²) in [4.78, 5) is 29.1. The van der Waals surface area contributed by atoms with Crippen LogP contribution in [0.2, 0.25) is 0 Å². The quantitative estimate of drug-likeness (QED) is 0.567. The van der Waals surface area contributed by atoms with Gasteiger partial charge in [0.05, 0.1) is 12.8 Å². The highest BCUT2D eigenvalue weighted by Gasteiger charge is 2.19. The van der Waals surface area contributed by atoms with Crippen LogP contribution in [0.5, 0.6) is 0 Å². The number of aliphatic hydroxyl groups excluding tert-OH is 1. The lowest BCUT2D eigenvalue weighted by molar-refractivity contribution is -0.140. The van der Waals surface area contributed by atoms with Gasteiger partial charge in [0.1, 0.15) is 5.69 Å². The van der Waals surface area contributed by atoms with E-state index in [1.807, 2.05) is 0 Å². The monoisotopic (exact) mass is 211 g/mol. The number of rotatable bonds is 4. The van der Waals surface area contributed by atoms with Crippen LogP contribution in [-0.4, -0.2) is 44.7 Å². The minimum Gasteiger partial charge on any atom is -0.480 e. The average molecular weight is 211 g/mol. The van der Waals surface area contributed by atoms with Crippen LogP contribution in [0.3, 0.4) is 0 Å². The third-order valence-electron chi connectivity index (χ3n) is 1.58. The molecule has 1 aromatic rings. The number of carboxylic acids is 1. The van der Waals surface area contributed by atoms with Gasteiger partial charge in [-0.3, -0.25) is 9.78 Å². The molecule has 3 N–H and O–H groups in total. The van der Waals surface area contributed by atoms with Gasteiger partial charge in [0.2, 0.25) is 0 Å². The van der Waals surface area contributed by atoms with Gasteiger partial charge in [-0.2, -0.15) is 0 Å². The first-order valence-electron chi connectivity index (χ1n) is 4.05. The van der Waals surface area contributed by atoms with Crippen LogP contribution in [0, 0.1) is 0 Å². The number of aromatic nitrogens is 2. The van der Waals surface area contributed by atoms with E-state index in [1.54, 1.807) is 0 Å². The molecule has 1 unspecified atom stereocenters. The number of carbonyl (C=O) groups is 2. The van der Waals surface area contributed by atoms with E-state index in [0.717, 1.165) is 0 Å². The van der Waals surface area contributed by atoms with Crippen molar-refractivity contribution in [3.8, 4) is 0 Å². The summed E-state index contributed by atoms with van der Waals surface area (Å²) >= 11 is 0. The third-order valence-corrected chi connectivity index (χ3v) is 1.58. The zero-order valence-corrected chi connectivity index (χ0v) is 7.62. The van der Waals surface area contributed by atoms with Crippen molar-refractivity contribution in [1.82, 2.24) is 15.3 Å². The maximum atomic E-state index is 11.3. The summed E-state index contributed by atoms with van der Waals surface area (Å²) in [7, 11) is 0. The van der Waals surface area contributed by atoms with Crippen molar-refractivity contribution in [2.45, 2.75) is 6.04 Å². The molecule has 1 amide bonds. The Hall–Kier alpha value is -2.02. The van der Waals surface area contributed by atoms with Crippen LogP contribution >= 0.6 is 0 Å². The van der Waals surface area contributed by atoms with Crippen LogP contribution in [0.4, 0.5) is 0 Å². The maximum Gasteiger partial charge on any atom is 0.328 e. The minimum absolute atomic E-state index is 0.00259. The SMILES string of the molecule is O=C(NC(CO)C(=O)O)c1cnccn1. The van der Waals surface area contributed by atoms with E-state index in [2.05, 4.69) is 15.3 Å².